The molecule has 0 N–H and O–H groups in total. The van der Waals surface area contributed by atoms with Gasteiger partial charge in [-0.05, 0) is 48.4 Å². The third kappa shape index (κ3) is 5.68. The zero-order valence-corrected chi connectivity index (χ0v) is 23.7. The van der Waals surface area contributed by atoms with Gasteiger partial charge in [-0.2, -0.15) is 8.78 Å². The second-order valence-corrected chi connectivity index (χ2v) is 10.0. The first-order valence-electron chi connectivity index (χ1n) is 12.9. The number of hydrogen-bond donors (Lipinski definition) is 0. The smallest absolute Gasteiger partial charge is 0.387 e. The number of hydrogen-bond acceptors (Lipinski definition) is 8. The van der Waals surface area contributed by atoms with Gasteiger partial charge < -0.3 is 18.9 Å². The third-order valence-electron chi connectivity index (χ3n) is 6.48. The molecule has 4 aromatic rings. The average molecular weight is 593 g/mol. The molecule has 0 spiro atoms. The Morgan fingerprint density at radius 2 is 1.81 bits per heavy atom. The molecule has 0 saturated carbocycles. The van der Waals surface area contributed by atoms with Crippen LogP contribution >= 0.6 is 11.3 Å². The lowest BCUT2D eigenvalue weighted by molar-refractivity contribution is -0.138. The Balaban J connectivity index is 1.77. The van der Waals surface area contributed by atoms with E-state index >= 15 is 0 Å². The van der Waals surface area contributed by atoms with Crippen LogP contribution in [-0.2, 0) is 9.53 Å². The van der Waals surface area contributed by atoms with E-state index in [0.717, 1.165) is 11.3 Å². The van der Waals surface area contributed by atoms with Crippen molar-refractivity contribution in [2.24, 2.45) is 4.99 Å². The molecule has 2 heterocycles. The van der Waals surface area contributed by atoms with Gasteiger partial charge >= 0.3 is 12.6 Å². The van der Waals surface area contributed by atoms with Crippen LogP contribution in [0.25, 0.3) is 11.8 Å². The fourth-order valence-corrected chi connectivity index (χ4v) is 5.69. The molecule has 0 radical (unpaired) electrons. The Hall–Kier alpha value is -4.77. The van der Waals surface area contributed by atoms with Gasteiger partial charge in [-0.15, -0.1) is 0 Å². The Bertz CT molecular complexity index is 1830. The van der Waals surface area contributed by atoms with E-state index in [9.17, 15) is 18.4 Å². The number of nitrogens with zero attached hydrogens (tertiary/aromatic N) is 2. The molecule has 1 aliphatic heterocycles. The molecule has 216 valence electrons. The highest BCUT2D eigenvalue weighted by molar-refractivity contribution is 7.07. The quantitative estimate of drug-likeness (QED) is 0.265. The van der Waals surface area contributed by atoms with Crippen LogP contribution in [0.1, 0.15) is 29.7 Å². The van der Waals surface area contributed by atoms with Crippen LogP contribution in [-0.4, -0.2) is 38.0 Å². The molecule has 0 fully saturated rings. The van der Waals surface area contributed by atoms with Gasteiger partial charge in [0, 0.05) is 5.56 Å². The van der Waals surface area contributed by atoms with Gasteiger partial charge in [0.2, 0.25) is 0 Å². The highest BCUT2D eigenvalue weighted by Crippen LogP contribution is 2.36. The van der Waals surface area contributed by atoms with E-state index in [1.54, 1.807) is 31.2 Å². The molecule has 1 aliphatic rings. The number of ether oxygens (including phenoxy) is 4. The zero-order valence-electron chi connectivity index (χ0n) is 22.9. The van der Waals surface area contributed by atoms with Crippen LogP contribution in [0.2, 0.25) is 0 Å². The lowest BCUT2D eigenvalue weighted by atomic mass is 9.93. The minimum Gasteiger partial charge on any atom is -0.497 e. The van der Waals surface area contributed by atoms with Crippen LogP contribution in [0.3, 0.4) is 0 Å². The number of carbonyl (C=O) groups excluding carboxylic acids is 1. The molecule has 1 atom stereocenters. The van der Waals surface area contributed by atoms with Crippen molar-refractivity contribution in [2.45, 2.75) is 19.6 Å². The summed E-state index contributed by atoms with van der Waals surface area (Å²) in [5, 5.41) is 0. The van der Waals surface area contributed by atoms with E-state index in [4.69, 9.17) is 19.2 Å². The number of aromatic nitrogens is 1. The number of thiazole rings is 1. The van der Waals surface area contributed by atoms with Gasteiger partial charge in [0.25, 0.3) is 5.56 Å². The molecule has 3 aromatic carbocycles. The summed E-state index contributed by atoms with van der Waals surface area (Å²) in [5.41, 5.74) is 2.04. The van der Waals surface area contributed by atoms with Crippen molar-refractivity contribution in [3.8, 4) is 17.2 Å². The second kappa shape index (κ2) is 12.4. The topological polar surface area (TPSA) is 88.4 Å². The summed E-state index contributed by atoms with van der Waals surface area (Å²) in [4.78, 5) is 32.7. The van der Waals surface area contributed by atoms with E-state index < -0.39 is 24.2 Å². The third-order valence-corrected chi connectivity index (χ3v) is 7.47. The molecule has 0 amide bonds. The van der Waals surface area contributed by atoms with Crippen molar-refractivity contribution in [2.75, 3.05) is 20.8 Å². The van der Waals surface area contributed by atoms with Crippen LogP contribution in [0, 0.1) is 0 Å². The van der Waals surface area contributed by atoms with Crippen molar-refractivity contribution in [1.29, 1.82) is 0 Å². The fraction of sp³-hybridized carbons (Fsp3) is 0.194. The summed E-state index contributed by atoms with van der Waals surface area (Å²) in [6.45, 7) is -1.17. The summed E-state index contributed by atoms with van der Waals surface area (Å²) in [7, 11) is 2.87. The summed E-state index contributed by atoms with van der Waals surface area (Å²) >= 11 is 1.14. The van der Waals surface area contributed by atoms with Crippen LogP contribution in [0.5, 0.6) is 17.2 Å². The van der Waals surface area contributed by atoms with Crippen LogP contribution in [0.15, 0.2) is 88.2 Å². The van der Waals surface area contributed by atoms with Gasteiger partial charge in [0.05, 0.1) is 42.7 Å². The van der Waals surface area contributed by atoms with Crippen molar-refractivity contribution < 1.29 is 32.5 Å². The predicted octanol–water partition coefficient (Wildman–Crippen LogP) is 4.55. The monoisotopic (exact) mass is 592 g/mol. The maximum Gasteiger partial charge on any atom is 0.387 e. The van der Waals surface area contributed by atoms with Gasteiger partial charge in [0.1, 0.15) is 5.75 Å². The Labute approximate surface area is 243 Å². The summed E-state index contributed by atoms with van der Waals surface area (Å²) in [5.74, 6) is -0.0892. The van der Waals surface area contributed by atoms with Gasteiger partial charge in [-0.3, -0.25) is 9.36 Å². The first kappa shape index (κ1) is 28.7. The average Bonchev–Trinajstić information content (AvgIpc) is 3.31. The van der Waals surface area contributed by atoms with E-state index in [-0.39, 0.29) is 23.7 Å². The number of benzene rings is 3. The standard InChI is InChI=1S/C31H26F2N2O6S/c1-4-40-29(37)25-26(19-9-6-5-7-10-19)34-31-35(27(25)20-11-8-12-21(17-20)38-2)28(36)24(42-31)16-18-13-14-22(41-30(32)33)23(15-18)39-3/h5-17,27,30H,4H2,1-3H3/b24-16+/t27-/m1/s1. The number of alkyl halides is 2. The highest BCUT2D eigenvalue weighted by Gasteiger charge is 2.35. The molecule has 8 nitrogen and oxygen atoms in total. The van der Waals surface area contributed by atoms with Crippen molar-refractivity contribution >= 4 is 29.1 Å². The highest BCUT2D eigenvalue weighted by atomic mass is 32.1. The van der Waals surface area contributed by atoms with Gasteiger partial charge in [0.15, 0.2) is 16.3 Å². The fourth-order valence-electron chi connectivity index (χ4n) is 4.69. The summed E-state index contributed by atoms with van der Waals surface area (Å²) < 4.78 is 48.0. The van der Waals surface area contributed by atoms with Crippen LogP contribution in [0.4, 0.5) is 8.78 Å². The maximum absolute atomic E-state index is 14.0. The molecule has 42 heavy (non-hydrogen) atoms. The number of halogens is 2. The Morgan fingerprint density at radius 3 is 2.50 bits per heavy atom. The maximum atomic E-state index is 14.0. The van der Waals surface area contributed by atoms with Crippen LogP contribution < -0.4 is 29.1 Å². The number of rotatable bonds is 9. The predicted molar refractivity (Wildman–Crippen MR) is 154 cm³/mol. The number of carbonyl (C=O) groups is 1. The molecule has 1 aromatic heterocycles. The molecular formula is C31H26F2N2O6S. The molecule has 0 bridgehead atoms. The first-order chi connectivity index (χ1) is 20.3. The Morgan fingerprint density at radius 1 is 1.02 bits per heavy atom. The minimum absolute atomic E-state index is 0.0852. The number of fused-ring (bicyclic) bond motifs is 1. The van der Waals surface area contributed by atoms with Crippen molar-refractivity contribution in [3.05, 3.63) is 115 Å². The van der Waals surface area contributed by atoms with Gasteiger partial charge in [-0.1, -0.05) is 59.9 Å². The van der Waals surface area contributed by atoms with Crippen molar-refractivity contribution in [1.82, 2.24) is 4.57 Å². The molecule has 0 saturated heterocycles. The molecule has 0 aliphatic carbocycles. The molecular weight excluding hydrogens is 566 g/mol. The Kier molecular flexibility index (Phi) is 8.48. The van der Waals surface area contributed by atoms with E-state index in [1.165, 1.54) is 37.0 Å². The number of methoxy groups -OCH3 is 2. The molecule has 0 unspecified atom stereocenters. The van der Waals surface area contributed by atoms with Gasteiger partial charge in [-0.25, -0.2) is 9.79 Å². The lowest BCUT2D eigenvalue weighted by Gasteiger charge is -2.26. The number of esters is 1. The first-order valence-corrected chi connectivity index (χ1v) is 13.7. The van der Waals surface area contributed by atoms with E-state index in [0.29, 0.717) is 37.5 Å². The lowest BCUT2D eigenvalue weighted by Crippen LogP contribution is -2.40. The minimum atomic E-state index is -3.02. The molecule has 11 heteroatoms. The van der Waals surface area contributed by atoms with E-state index in [1.807, 2.05) is 36.4 Å². The normalized spacial score (nSPS) is 14.8. The zero-order chi connectivity index (χ0) is 29.8. The summed E-state index contributed by atoms with van der Waals surface area (Å²) in [6, 6.07) is 19.8. The van der Waals surface area contributed by atoms with Crippen molar-refractivity contribution in [3.63, 3.8) is 0 Å². The SMILES string of the molecule is CCOC(=O)C1=C(c2ccccc2)N=c2s/c(=C/c3ccc(OC(F)F)c(OC)c3)c(=O)n2[C@@H]1c1cccc(OC)c1. The second-order valence-electron chi connectivity index (χ2n) is 9.00. The largest absolute Gasteiger partial charge is 0.497 e. The van der Waals surface area contributed by atoms with E-state index in [2.05, 4.69) is 4.74 Å². The summed E-state index contributed by atoms with van der Waals surface area (Å²) in [6.07, 6.45) is 1.61. The molecule has 5 rings (SSSR count).